The van der Waals surface area contributed by atoms with E-state index in [1.165, 1.54) is 38.1 Å². The van der Waals surface area contributed by atoms with E-state index in [4.69, 9.17) is 20.4 Å². The molecule has 0 spiro atoms. The van der Waals surface area contributed by atoms with E-state index in [1.807, 2.05) is 0 Å². The summed E-state index contributed by atoms with van der Waals surface area (Å²) in [4.78, 5) is 30.1. The second-order valence-electron chi connectivity index (χ2n) is 3.54. The molecule has 0 radical (unpaired) electrons. The molecule has 0 fully saturated rings. The Bertz CT molecular complexity index is 384. The van der Waals surface area contributed by atoms with Gasteiger partial charge in [-0.25, -0.2) is 9.59 Å². The van der Waals surface area contributed by atoms with Crippen molar-refractivity contribution in [2.45, 2.75) is 13.8 Å². The van der Waals surface area contributed by atoms with Crippen LogP contribution in [-0.4, -0.2) is 51.4 Å². The molecule has 7 heteroatoms. The van der Waals surface area contributed by atoms with Gasteiger partial charge in [0.2, 0.25) is 0 Å². The summed E-state index contributed by atoms with van der Waals surface area (Å²) in [5.74, 6) is -1.96. The average molecular weight is 286 g/mol. The minimum absolute atomic E-state index is 0.0833. The molecule has 1 aromatic rings. The molecular weight excluding hydrogens is 268 g/mol. The molecule has 0 amide bonds. The molecule has 1 aromatic carbocycles. The first-order valence-electron chi connectivity index (χ1n) is 5.51. The standard InChI is InChI=1S/C8H6O4.C3H6O.C2H6O2/c9-7(10)5-1-2-6(4-3-5)8(11)12;1-3(2)4;3-1-2-4/h1-4H,(H,9,10)(H,11,12);1-2H3;3-4H,1-2H2. The zero-order valence-electron chi connectivity index (χ0n) is 11.2. The SMILES string of the molecule is CC(C)=O.O=C(O)c1ccc(C(=O)O)cc1.OCCO. The number of benzene rings is 1. The summed E-state index contributed by atoms with van der Waals surface area (Å²) in [5.41, 5.74) is 0.167. The normalized spacial score (nSPS) is 8.40. The van der Waals surface area contributed by atoms with E-state index in [9.17, 15) is 14.4 Å². The Morgan fingerprint density at radius 3 is 1.10 bits per heavy atom. The molecule has 0 saturated carbocycles. The van der Waals surface area contributed by atoms with Crippen LogP contribution in [0.2, 0.25) is 0 Å². The number of aromatic carboxylic acids is 2. The van der Waals surface area contributed by atoms with Crippen LogP contribution < -0.4 is 0 Å². The molecule has 0 saturated heterocycles. The van der Waals surface area contributed by atoms with E-state index >= 15 is 0 Å². The molecule has 0 unspecified atom stereocenters. The Morgan fingerprint density at radius 2 is 1.00 bits per heavy atom. The van der Waals surface area contributed by atoms with Crippen LogP contribution in [0.1, 0.15) is 34.6 Å². The first kappa shape index (κ1) is 20.1. The molecule has 112 valence electrons. The molecule has 0 aromatic heterocycles. The van der Waals surface area contributed by atoms with Crippen LogP contribution >= 0.6 is 0 Å². The van der Waals surface area contributed by atoms with Crippen molar-refractivity contribution in [2.24, 2.45) is 0 Å². The summed E-state index contributed by atoms with van der Waals surface area (Å²) in [6.07, 6.45) is 0. The lowest BCUT2D eigenvalue weighted by Gasteiger charge is -1.94. The van der Waals surface area contributed by atoms with E-state index in [-0.39, 0.29) is 30.1 Å². The molecule has 0 heterocycles. The maximum Gasteiger partial charge on any atom is 0.335 e. The molecule has 0 aliphatic rings. The monoisotopic (exact) mass is 286 g/mol. The third-order valence-electron chi connectivity index (χ3n) is 1.48. The third kappa shape index (κ3) is 12.2. The van der Waals surface area contributed by atoms with Crippen molar-refractivity contribution in [2.75, 3.05) is 13.2 Å². The number of ketones is 1. The highest BCUT2D eigenvalue weighted by Crippen LogP contribution is 2.03. The van der Waals surface area contributed by atoms with Crippen molar-refractivity contribution in [3.8, 4) is 0 Å². The van der Waals surface area contributed by atoms with Crippen LogP contribution in [0, 0.1) is 0 Å². The van der Waals surface area contributed by atoms with Crippen LogP contribution in [0.15, 0.2) is 24.3 Å². The summed E-state index contributed by atoms with van der Waals surface area (Å²) in [5, 5.41) is 32.2. The Morgan fingerprint density at radius 1 is 0.800 bits per heavy atom. The van der Waals surface area contributed by atoms with E-state index in [0.717, 1.165) is 0 Å². The summed E-state index contributed by atoms with van der Waals surface area (Å²) < 4.78 is 0. The van der Waals surface area contributed by atoms with Gasteiger partial charge in [0.05, 0.1) is 24.3 Å². The Kier molecular flexibility index (Phi) is 11.9. The van der Waals surface area contributed by atoms with Gasteiger partial charge in [-0.15, -0.1) is 0 Å². The number of Topliss-reactive ketones (excluding diaryl/α,β-unsaturated/α-hetero) is 1. The molecule has 0 aliphatic heterocycles. The fourth-order valence-corrected chi connectivity index (χ4v) is 0.755. The van der Waals surface area contributed by atoms with Gasteiger partial charge in [-0.1, -0.05) is 0 Å². The second kappa shape index (κ2) is 11.8. The van der Waals surface area contributed by atoms with Crippen LogP contribution in [0.3, 0.4) is 0 Å². The minimum Gasteiger partial charge on any atom is -0.478 e. The van der Waals surface area contributed by atoms with Gasteiger partial charge in [0.25, 0.3) is 0 Å². The van der Waals surface area contributed by atoms with E-state index in [1.54, 1.807) is 0 Å². The fraction of sp³-hybridized carbons (Fsp3) is 0.308. The number of carbonyl (C=O) groups excluding carboxylic acids is 1. The van der Waals surface area contributed by atoms with Crippen molar-refractivity contribution < 1.29 is 34.8 Å². The van der Waals surface area contributed by atoms with Gasteiger partial charge < -0.3 is 25.2 Å². The van der Waals surface area contributed by atoms with Crippen molar-refractivity contribution in [3.63, 3.8) is 0 Å². The van der Waals surface area contributed by atoms with Crippen molar-refractivity contribution in [1.29, 1.82) is 0 Å². The van der Waals surface area contributed by atoms with Gasteiger partial charge >= 0.3 is 11.9 Å². The van der Waals surface area contributed by atoms with Crippen LogP contribution in [0.4, 0.5) is 0 Å². The molecular formula is C13H18O7. The predicted octanol–water partition coefficient (Wildman–Crippen LogP) is 0.649. The lowest BCUT2D eigenvalue weighted by atomic mass is 10.1. The van der Waals surface area contributed by atoms with Gasteiger partial charge in [0.1, 0.15) is 5.78 Å². The highest BCUT2D eigenvalue weighted by atomic mass is 16.4. The van der Waals surface area contributed by atoms with Crippen LogP contribution in [0.5, 0.6) is 0 Å². The largest absolute Gasteiger partial charge is 0.478 e. The van der Waals surface area contributed by atoms with E-state index < -0.39 is 11.9 Å². The quantitative estimate of drug-likeness (QED) is 0.641. The highest BCUT2D eigenvalue weighted by Gasteiger charge is 2.04. The van der Waals surface area contributed by atoms with Gasteiger partial charge in [0, 0.05) is 0 Å². The summed E-state index contributed by atoms with van der Waals surface area (Å²) >= 11 is 0. The Hall–Kier alpha value is -2.25. The van der Waals surface area contributed by atoms with Crippen molar-refractivity contribution >= 4 is 17.7 Å². The smallest absolute Gasteiger partial charge is 0.335 e. The highest BCUT2D eigenvalue weighted by molar-refractivity contribution is 5.91. The lowest BCUT2D eigenvalue weighted by molar-refractivity contribution is -0.115. The number of carboxylic acid groups (broad SMARTS) is 2. The molecule has 4 N–H and O–H groups in total. The topological polar surface area (TPSA) is 132 Å². The predicted molar refractivity (Wildman–Crippen MR) is 70.9 cm³/mol. The Balaban J connectivity index is 0. The summed E-state index contributed by atoms with van der Waals surface area (Å²) in [6, 6.07) is 5.02. The number of carboxylic acids is 2. The number of aliphatic hydroxyl groups is 2. The molecule has 0 atom stereocenters. The molecule has 0 aliphatic carbocycles. The van der Waals surface area contributed by atoms with Crippen LogP contribution in [-0.2, 0) is 4.79 Å². The maximum atomic E-state index is 10.3. The first-order chi connectivity index (χ1) is 9.26. The minimum atomic E-state index is -1.06. The Labute approximate surface area is 116 Å². The summed E-state index contributed by atoms with van der Waals surface area (Å²) in [6.45, 7) is 2.81. The third-order valence-corrected chi connectivity index (χ3v) is 1.48. The van der Waals surface area contributed by atoms with E-state index in [2.05, 4.69) is 0 Å². The lowest BCUT2D eigenvalue weighted by Crippen LogP contribution is -1.99. The zero-order chi connectivity index (χ0) is 16.1. The number of aliphatic hydroxyl groups excluding tert-OH is 2. The zero-order valence-corrected chi connectivity index (χ0v) is 11.2. The van der Waals surface area contributed by atoms with E-state index in [0.29, 0.717) is 0 Å². The van der Waals surface area contributed by atoms with Gasteiger partial charge in [-0.05, 0) is 38.1 Å². The fourth-order valence-electron chi connectivity index (χ4n) is 0.755. The van der Waals surface area contributed by atoms with Gasteiger partial charge in [-0.2, -0.15) is 0 Å². The van der Waals surface area contributed by atoms with Gasteiger partial charge in [0.15, 0.2) is 0 Å². The number of carbonyl (C=O) groups is 3. The van der Waals surface area contributed by atoms with Crippen molar-refractivity contribution in [1.82, 2.24) is 0 Å². The number of rotatable bonds is 3. The summed E-state index contributed by atoms with van der Waals surface area (Å²) in [7, 11) is 0. The second-order valence-corrected chi connectivity index (χ2v) is 3.54. The first-order valence-corrected chi connectivity index (χ1v) is 5.51. The molecule has 20 heavy (non-hydrogen) atoms. The maximum absolute atomic E-state index is 10.3. The average Bonchev–Trinajstić information content (AvgIpc) is 2.38. The molecule has 0 bridgehead atoms. The number of hydrogen-bond donors (Lipinski definition) is 4. The molecule has 1 rings (SSSR count). The number of hydrogen-bond acceptors (Lipinski definition) is 5. The van der Waals surface area contributed by atoms with Gasteiger partial charge in [-0.3, -0.25) is 0 Å². The van der Waals surface area contributed by atoms with Crippen molar-refractivity contribution in [3.05, 3.63) is 35.4 Å². The van der Waals surface area contributed by atoms with Crippen LogP contribution in [0.25, 0.3) is 0 Å². The molecule has 7 nitrogen and oxygen atoms in total.